The Morgan fingerprint density at radius 1 is 1.21 bits per heavy atom. The summed E-state index contributed by atoms with van der Waals surface area (Å²) < 4.78 is 14.1. The molecule has 0 unspecified atom stereocenters. The van der Waals surface area contributed by atoms with Gasteiger partial charge in [-0.25, -0.2) is 9.78 Å². The van der Waals surface area contributed by atoms with Crippen LogP contribution in [0.5, 0.6) is 5.88 Å². The Bertz CT molecular complexity index is 478. The highest BCUT2D eigenvalue weighted by atomic mass is 16.5. The number of carbonyl (C=O) groups excluding carboxylic acids is 2. The third kappa shape index (κ3) is 4.42. The van der Waals surface area contributed by atoms with E-state index in [4.69, 9.17) is 4.74 Å². The van der Waals surface area contributed by atoms with Crippen molar-refractivity contribution in [1.29, 1.82) is 0 Å². The van der Waals surface area contributed by atoms with Crippen molar-refractivity contribution in [2.75, 3.05) is 21.3 Å². The van der Waals surface area contributed by atoms with Gasteiger partial charge in [0.05, 0.1) is 27.8 Å². The van der Waals surface area contributed by atoms with Gasteiger partial charge in [0.25, 0.3) is 0 Å². The van der Waals surface area contributed by atoms with Gasteiger partial charge in [0, 0.05) is 18.3 Å². The highest BCUT2D eigenvalue weighted by Crippen LogP contribution is 2.20. The number of rotatable bonds is 5. The molecule has 1 heterocycles. The third-order valence-electron chi connectivity index (χ3n) is 2.37. The van der Waals surface area contributed by atoms with Crippen LogP contribution in [0.3, 0.4) is 0 Å². The molecule has 0 saturated carbocycles. The molecule has 0 bridgehead atoms. The molecular weight excluding hydrogens is 250 g/mol. The average molecular weight is 265 g/mol. The van der Waals surface area contributed by atoms with E-state index in [0.29, 0.717) is 17.0 Å². The molecule has 19 heavy (non-hydrogen) atoms. The van der Waals surface area contributed by atoms with Crippen molar-refractivity contribution in [1.82, 2.24) is 4.98 Å². The lowest BCUT2D eigenvalue weighted by Gasteiger charge is -2.07. The first kappa shape index (κ1) is 14.7. The Balaban J connectivity index is 3.03. The Morgan fingerprint density at radius 3 is 2.42 bits per heavy atom. The topological polar surface area (TPSA) is 74.7 Å². The third-order valence-corrected chi connectivity index (χ3v) is 2.37. The first-order valence-electron chi connectivity index (χ1n) is 5.46. The molecule has 6 nitrogen and oxygen atoms in total. The maximum absolute atomic E-state index is 11.3. The first-order valence-corrected chi connectivity index (χ1v) is 5.46. The minimum absolute atomic E-state index is 0.0421. The Kier molecular flexibility index (Phi) is 5.53. The van der Waals surface area contributed by atoms with Crippen LogP contribution >= 0.6 is 0 Å². The number of ether oxygens (including phenoxy) is 3. The molecule has 1 aromatic heterocycles. The summed E-state index contributed by atoms with van der Waals surface area (Å²) in [5.74, 6) is -0.556. The molecule has 102 valence electrons. The van der Waals surface area contributed by atoms with Gasteiger partial charge in [-0.3, -0.25) is 4.79 Å². The molecule has 0 aliphatic rings. The molecule has 1 rings (SSSR count). The summed E-state index contributed by atoms with van der Waals surface area (Å²) in [5.41, 5.74) is 1.09. The van der Waals surface area contributed by atoms with Gasteiger partial charge in [0.15, 0.2) is 0 Å². The van der Waals surface area contributed by atoms with E-state index in [9.17, 15) is 9.59 Å². The second-order valence-electron chi connectivity index (χ2n) is 3.53. The smallest absolute Gasteiger partial charge is 0.330 e. The van der Waals surface area contributed by atoms with E-state index >= 15 is 0 Å². The van der Waals surface area contributed by atoms with Crippen molar-refractivity contribution in [2.45, 2.75) is 6.42 Å². The summed E-state index contributed by atoms with van der Waals surface area (Å²) in [4.78, 5) is 26.6. The molecule has 0 radical (unpaired) electrons. The molecule has 0 N–H and O–H groups in total. The van der Waals surface area contributed by atoms with Crippen molar-refractivity contribution < 1.29 is 23.8 Å². The number of hydrogen-bond donors (Lipinski definition) is 0. The molecular formula is C13H15NO5. The number of aromatic nitrogens is 1. The lowest BCUT2D eigenvalue weighted by Crippen LogP contribution is -2.04. The first-order chi connectivity index (χ1) is 9.10. The van der Waals surface area contributed by atoms with E-state index in [0.717, 1.165) is 0 Å². The lowest BCUT2D eigenvalue weighted by molar-refractivity contribution is -0.139. The molecule has 0 atom stereocenters. The second kappa shape index (κ2) is 7.15. The van der Waals surface area contributed by atoms with E-state index in [1.807, 2.05) is 0 Å². The zero-order chi connectivity index (χ0) is 14.3. The van der Waals surface area contributed by atoms with Crippen LogP contribution < -0.4 is 4.74 Å². The van der Waals surface area contributed by atoms with Gasteiger partial charge in [-0.1, -0.05) is 0 Å². The Morgan fingerprint density at radius 2 is 1.95 bits per heavy atom. The lowest BCUT2D eigenvalue weighted by atomic mass is 10.0. The van der Waals surface area contributed by atoms with Crippen molar-refractivity contribution in [2.24, 2.45) is 0 Å². The van der Waals surface area contributed by atoms with Crippen molar-refractivity contribution in [3.05, 3.63) is 30.0 Å². The van der Waals surface area contributed by atoms with Crippen LogP contribution in [0.1, 0.15) is 12.0 Å². The summed E-state index contributed by atoms with van der Waals surface area (Å²) in [6, 6.07) is 3.33. The van der Waals surface area contributed by atoms with Crippen LogP contribution in [0.25, 0.3) is 5.57 Å². The van der Waals surface area contributed by atoms with E-state index in [1.165, 1.54) is 33.6 Å². The molecule has 0 aliphatic carbocycles. The van der Waals surface area contributed by atoms with Crippen LogP contribution in [0.4, 0.5) is 0 Å². The normalized spacial score (nSPS) is 10.8. The SMILES string of the molecule is COC(=O)/C=C(\CC(=O)OC)c1ccc(OC)nc1. The van der Waals surface area contributed by atoms with Crippen molar-refractivity contribution in [3.8, 4) is 5.88 Å². The zero-order valence-corrected chi connectivity index (χ0v) is 11.0. The van der Waals surface area contributed by atoms with E-state index in [1.54, 1.807) is 12.1 Å². The minimum atomic E-state index is -0.547. The average Bonchev–Trinajstić information content (AvgIpc) is 2.46. The summed E-state index contributed by atoms with van der Waals surface area (Å²) in [7, 11) is 4.05. The molecule has 0 saturated heterocycles. The number of esters is 2. The van der Waals surface area contributed by atoms with Crippen LogP contribution in [0.15, 0.2) is 24.4 Å². The summed E-state index contributed by atoms with van der Waals surface area (Å²) in [6.07, 6.45) is 2.70. The molecule has 6 heteroatoms. The van der Waals surface area contributed by atoms with Crippen LogP contribution in [-0.4, -0.2) is 38.3 Å². The summed E-state index contributed by atoms with van der Waals surface area (Å²) in [6.45, 7) is 0. The number of methoxy groups -OCH3 is 3. The zero-order valence-electron chi connectivity index (χ0n) is 11.0. The fraction of sp³-hybridized carbons (Fsp3) is 0.308. The van der Waals surface area contributed by atoms with Crippen molar-refractivity contribution in [3.63, 3.8) is 0 Å². The van der Waals surface area contributed by atoms with Gasteiger partial charge in [-0.15, -0.1) is 0 Å². The maximum atomic E-state index is 11.3. The highest BCUT2D eigenvalue weighted by molar-refractivity contribution is 5.95. The maximum Gasteiger partial charge on any atom is 0.330 e. The molecule has 0 aromatic carbocycles. The van der Waals surface area contributed by atoms with Gasteiger partial charge in [0.2, 0.25) is 5.88 Å². The van der Waals surface area contributed by atoms with E-state index in [-0.39, 0.29) is 6.42 Å². The number of hydrogen-bond acceptors (Lipinski definition) is 6. The number of carbonyl (C=O) groups is 2. The van der Waals surface area contributed by atoms with Gasteiger partial charge < -0.3 is 14.2 Å². The standard InChI is InChI=1S/C13H15NO5/c1-17-11-5-4-9(8-14-11)10(6-12(15)18-2)7-13(16)19-3/h4-6,8H,7H2,1-3H3/b10-6+. The molecule has 0 aliphatic heterocycles. The second-order valence-corrected chi connectivity index (χ2v) is 3.53. The fourth-order valence-corrected chi connectivity index (χ4v) is 1.36. The van der Waals surface area contributed by atoms with Crippen molar-refractivity contribution >= 4 is 17.5 Å². The number of pyridine rings is 1. The number of nitrogens with zero attached hydrogens (tertiary/aromatic N) is 1. The van der Waals surface area contributed by atoms with Crippen LogP contribution in [0, 0.1) is 0 Å². The Hall–Kier alpha value is -2.37. The predicted octanol–water partition coefficient (Wildman–Crippen LogP) is 1.21. The highest BCUT2D eigenvalue weighted by Gasteiger charge is 2.11. The fourth-order valence-electron chi connectivity index (χ4n) is 1.36. The van der Waals surface area contributed by atoms with Crippen LogP contribution in [-0.2, 0) is 19.1 Å². The molecule has 0 fully saturated rings. The Labute approximate surface area is 111 Å². The van der Waals surface area contributed by atoms with E-state index < -0.39 is 11.9 Å². The van der Waals surface area contributed by atoms with Gasteiger partial charge in [0.1, 0.15) is 0 Å². The monoisotopic (exact) mass is 265 g/mol. The summed E-state index contributed by atoms with van der Waals surface area (Å²) in [5, 5.41) is 0. The minimum Gasteiger partial charge on any atom is -0.481 e. The van der Waals surface area contributed by atoms with Gasteiger partial charge >= 0.3 is 11.9 Å². The van der Waals surface area contributed by atoms with Gasteiger partial charge in [-0.05, 0) is 17.2 Å². The van der Waals surface area contributed by atoms with Gasteiger partial charge in [-0.2, -0.15) is 0 Å². The molecule has 0 spiro atoms. The largest absolute Gasteiger partial charge is 0.481 e. The predicted molar refractivity (Wildman–Crippen MR) is 67.4 cm³/mol. The quantitative estimate of drug-likeness (QED) is 0.588. The van der Waals surface area contributed by atoms with E-state index in [2.05, 4.69) is 14.5 Å². The molecule has 1 aromatic rings. The summed E-state index contributed by atoms with van der Waals surface area (Å²) >= 11 is 0. The van der Waals surface area contributed by atoms with Crippen LogP contribution in [0.2, 0.25) is 0 Å². The molecule has 0 amide bonds.